The maximum absolute atomic E-state index is 13.2. The molecule has 2 aliphatic rings. The predicted octanol–water partition coefficient (Wildman–Crippen LogP) is 2.20. The summed E-state index contributed by atoms with van der Waals surface area (Å²) in [5.74, 6) is -0.882. The Balaban J connectivity index is 1.88. The lowest BCUT2D eigenvalue weighted by atomic mass is 9.76. The third-order valence-electron chi connectivity index (χ3n) is 6.59. The second kappa shape index (κ2) is 7.25. The summed E-state index contributed by atoms with van der Waals surface area (Å²) in [5.41, 5.74) is 1.63. The molecule has 2 fully saturated rings. The molecule has 0 radical (unpaired) electrons. The van der Waals surface area contributed by atoms with Crippen molar-refractivity contribution in [2.24, 2.45) is 12.5 Å². The average Bonchev–Trinajstić information content (AvgIpc) is 3.23. The van der Waals surface area contributed by atoms with Crippen molar-refractivity contribution < 1.29 is 19.5 Å². The second-order valence-electron chi connectivity index (χ2n) is 9.58. The van der Waals surface area contributed by atoms with Crippen LogP contribution in [0.5, 0.6) is 0 Å². The highest BCUT2D eigenvalue weighted by Crippen LogP contribution is 2.44. The average molecular weight is 428 g/mol. The first-order valence-corrected chi connectivity index (χ1v) is 10.6. The van der Waals surface area contributed by atoms with Gasteiger partial charge in [0.1, 0.15) is 6.04 Å². The number of piperidine rings is 1. The summed E-state index contributed by atoms with van der Waals surface area (Å²) in [6.45, 7) is 6.51. The molecule has 0 saturated carbocycles. The van der Waals surface area contributed by atoms with Gasteiger partial charge in [-0.05, 0) is 29.9 Å². The lowest BCUT2D eigenvalue weighted by Crippen LogP contribution is -2.44. The van der Waals surface area contributed by atoms with E-state index in [0.29, 0.717) is 24.0 Å². The van der Waals surface area contributed by atoms with Crippen molar-refractivity contribution in [1.29, 1.82) is 0 Å². The van der Waals surface area contributed by atoms with Gasteiger partial charge < -0.3 is 10.0 Å². The van der Waals surface area contributed by atoms with Gasteiger partial charge in [0.15, 0.2) is 0 Å². The number of imide groups is 1. The first-order valence-electron chi connectivity index (χ1n) is 10.6. The van der Waals surface area contributed by atoms with E-state index in [-0.39, 0.29) is 41.8 Å². The Morgan fingerprint density at radius 3 is 2.48 bits per heavy atom. The number of nitrogens with one attached hydrogen (secondary N) is 1. The summed E-state index contributed by atoms with van der Waals surface area (Å²) in [4.78, 5) is 50.6. The molecule has 0 aliphatic carbocycles. The van der Waals surface area contributed by atoms with Gasteiger partial charge in [0.05, 0.1) is 11.0 Å². The number of carbonyl (C=O) groups is 3. The Kier molecular flexibility index (Phi) is 4.94. The fourth-order valence-corrected chi connectivity index (χ4v) is 5.40. The molecule has 3 amide bonds. The Bertz CT molecular complexity index is 1140. The van der Waals surface area contributed by atoms with Crippen LogP contribution in [-0.4, -0.2) is 49.6 Å². The number of benzene rings is 1. The number of imidazole rings is 1. The Morgan fingerprint density at radius 2 is 1.87 bits per heavy atom. The molecule has 0 bridgehead atoms. The summed E-state index contributed by atoms with van der Waals surface area (Å²) in [6.07, 6.45) is 0.172. The van der Waals surface area contributed by atoms with E-state index in [4.69, 9.17) is 0 Å². The van der Waals surface area contributed by atoms with Crippen molar-refractivity contribution in [3.8, 4) is 0 Å². The molecular weight excluding hydrogens is 400 g/mol. The summed E-state index contributed by atoms with van der Waals surface area (Å²) in [7, 11) is 1.67. The molecule has 166 valence electrons. The topological polar surface area (TPSA) is 114 Å². The summed E-state index contributed by atoms with van der Waals surface area (Å²) >= 11 is 0. The first-order chi connectivity index (χ1) is 14.5. The minimum Gasteiger partial charge on any atom is -0.465 e. The van der Waals surface area contributed by atoms with E-state index in [2.05, 4.69) is 5.32 Å². The molecule has 3 heterocycles. The zero-order valence-corrected chi connectivity index (χ0v) is 18.2. The van der Waals surface area contributed by atoms with Gasteiger partial charge in [-0.25, -0.2) is 9.59 Å². The quantitative estimate of drug-likeness (QED) is 0.712. The second-order valence-corrected chi connectivity index (χ2v) is 9.58. The Labute approximate surface area is 179 Å². The lowest BCUT2D eigenvalue weighted by molar-refractivity contribution is -0.135. The zero-order valence-electron chi connectivity index (χ0n) is 18.2. The number of rotatable bonds is 2. The van der Waals surface area contributed by atoms with E-state index in [1.165, 1.54) is 14.0 Å². The van der Waals surface area contributed by atoms with Crippen LogP contribution in [0.15, 0.2) is 23.0 Å². The maximum atomic E-state index is 13.2. The highest BCUT2D eigenvalue weighted by molar-refractivity contribution is 6.00. The van der Waals surface area contributed by atoms with Crippen LogP contribution < -0.4 is 11.0 Å². The number of carboxylic acid groups (broad SMARTS) is 1. The zero-order chi connectivity index (χ0) is 22.7. The summed E-state index contributed by atoms with van der Waals surface area (Å²) in [6, 6.07) is 4.61. The molecule has 1 aromatic carbocycles. The minimum atomic E-state index is -0.940. The molecular formula is C22H28N4O5. The molecule has 2 saturated heterocycles. The number of fused-ring (bicyclic) bond motifs is 1. The number of aromatic nitrogens is 2. The van der Waals surface area contributed by atoms with Crippen molar-refractivity contribution in [3.05, 3.63) is 34.2 Å². The van der Waals surface area contributed by atoms with Crippen molar-refractivity contribution in [2.45, 2.75) is 58.0 Å². The molecule has 1 aromatic heterocycles. The van der Waals surface area contributed by atoms with Crippen LogP contribution in [0, 0.1) is 5.41 Å². The highest BCUT2D eigenvalue weighted by atomic mass is 16.4. The van der Waals surface area contributed by atoms with Gasteiger partial charge in [0.25, 0.3) is 0 Å². The van der Waals surface area contributed by atoms with Gasteiger partial charge in [0.2, 0.25) is 11.8 Å². The van der Waals surface area contributed by atoms with Crippen LogP contribution in [0.25, 0.3) is 11.0 Å². The van der Waals surface area contributed by atoms with Gasteiger partial charge in [-0.1, -0.05) is 32.9 Å². The van der Waals surface area contributed by atoms with Crippen LogP contribution >= 0.6 is 0 Å². The molecule has 4 rings (SSSR count). The third kappa shape index (κ3) is 3.32. The SMILES string of the molecule is Cn1c(=O)n(C2CCC(=O)NC2=O)c2cccc(C3CCN(C(=O)O)C3C(C)(C)C)c21. The third-order valence-corrected chi connectivity index (χ3v) is 6.59. The van der Waals surface area contributed by atoms with Crippen molar-refractivity contribution in [3.63, 3.8) is 0 Å². The summed E-state index contributed by atoms with van der Waals surface area (Å²) in [5, 5.41) is 12.1. The van der Waals surface area contributed by atoms with Crippen LogP contribution in [0.1, 0.15) is 57.6 Å². The number of aryl methyl sites for hydroxylation is 1. The van der Waals surface area contributed by atoms with Crippen LogP contribution in [0.2, 0.25) is 0 Å². The molecule has 2 N–H and O–H groups in total. The van der Waals surface area contributed by atoms with Crippen molar-refractivity contribution in [1.82, 2.24) is 19.4 Å². The Morgan fingerprint density at radius 1 is 1.16 bits per heavy atom. The van der Waals surface area contributed by atoms with E-state index in [1.54, 1.807) is 13.1 Å². The minimum absolute atomic E-state index is 0.0805. The largest absolute Gasteiger partial charge is 0.465 e. The van der Waals surface area contributed by atoms with E-state index in [1.807, 2.05) is 32.9 Å². The highest BCUT2D eigenvalue weighted by Gasteiger charge is 2.45. The van der Waals surface area contributed by atoms with Crippen LogP contribution in [0.3, 0.4) is 0 Å². The molecule has 2 aliphatic heterocycles. The van der Waals surface area contributed by atoms with Gasteiger partial charge in [-0.3, -0.25) is 24.0 Å². The summed E-state index contributed by atoms with van der Waals surface area (Å²) < 4.78 is 3.01. The van der Waals surface area contributed by atoms with Gasteiger partial charge >= 0.3 is 11.8 Å². The van der Waals surface area contributed by atoms with Crippen molar-refractivity contribution >= 4 is 28.9 Å². The number of hydrogen-bond donors (Lipinski definition) is 2. The molecule has 31 heavy (non-hydrogen) atoms. The van der Waals surface area contributed by atoms with E-state index < -0.39 is 18.0 Å². The molecule has 2 aromatic rings. The smallest absolute Gasteiger partial charge is 0.407 e. The van der Waals surface area contributed by atoms with Crippen molar-refractivity contribution in [2.75, 3.05) is 6.54 Å². The van der Waals surface area contributed by atoms with Gasteiger partial charge in [0, 0.05) is 32.0 Å². The number of carbonyl (C=O) groups excluding carboxylic acids is 2. The monoisotopic (exact) mass is 428 g/mol. The Hall–Kier alpha value is -3.10. The fraction of sp³-hybridized carbons (Fsp3) is 0.545. The van der Waals surface area contributed by atoms with Crippen LogP contribution in [0.4, 0.5) is 4.79 Å². The van der Waals surface area contributed by atoms with E-state index in [9.17, 15) is 24.3 Å². The normalized spacial score (nSPS) is 24.6. The lowest BCUT2D eigenvalue weighted by Gasteiger charge is -2.37. The first kappa shape index (κ1) is 21.1. The number of amides is 3. The predicted molar refractivity (Wildman–Crippen MR) is 114 cm³/mol. The molecule has 0 spiro atoms. The maximum Gasteiger partial charge on any atom is 0.407 e. The molecule has 3 unspecified atom stereocenters. The number of nitrogens with zero attached hydrogens (tertiary/aromatic N) is 3. The number of likely N-dealkylation sites (tertiary alicyclic amines) is 1. The van der Waals surface area contributed by atoms with Gasteiger partial charge in [-0.2, -0.15) is 0 Å². The van der Waals surface area contributed by atoms with E-state index >= 15 is 0 Å². The fourth-order valence-electron chi connectivity index (χ4n) is 5.40. The van der Waals surface area contributed by atoms with Crippen LogP contribution in [-0.2, 0) is 16.6 Å². The number of para-hydroxylation sites is 1. The molecule has 3 atom stereocenters. The molecule has 9 nitrogen and oxygen atoms in total. The standard InChI is InChI=1S/C22H28N4O5/c1-22(2,3)18-13(10-11-25(18)21(30)31)12-6-5-7-14-17(12)24(4)20(29)26(14)15-8-9-16(27)23-19(15)28/h5-7,13,15,18H,8-11H2,1-4H3,(H,30,31)(H,23,27,28). The molecule has 9 heteroatoms. The van der Waals surface area contributed by atoms with Gasteiger partial charge in [-0.15, -0.1) is 0 Å². The number of hydrogen-bond acceptors (Lipinski definition) is 4. The van der Waals surface area contributed by atoms with E-state index in [0.717, 1.165) is 5.56 Å².